The number of aromatic nitrogens is 2. The van der Waals surface area contributed by atoms with Crippen molar-refractivity contribution in [2.24, 2.45) is 5.10 Å². The molecule has 0 aliphatic rings. The van der Waals surface area contributed by atoms with Crippen molar-refractivity contribution in [3.05, 3.63) is 72.7 Å². The molecule has 31 heavy (non-hydrogen) atoms. The summed E-state index contributed by atoms with van der Waals surface area (Å²) in [6.07, 6.45) is 1.24. The summed E-state index contributed by atoms with van der Waals surface area (Å²) in [5.74, 6) is -0.0831. The van der Waals surface area contributed by atoms with Crippen LogP contribution in [0.3, 0.4) is 0 Å². The summed E-state index contributed by atoms with van der Waals surface area (Å²) in [7, 11) is 0. The Labute approximate surface area is 184 Å². The predicted octanol–water partition coefficient (Wildman–Crippen LogP) is 3.20. The number of aryl methyl sites for hydroxylation is 1. The van der Waals surface area contributed by atoms with E-state index in [4.69, 9.17) is 9.47 Å². The fourth-order valence-electron chi connectivity index (χ4n) is 2.74. The van der Waals surface area contributed by atoms with Crippen LogP contribution in [0.5, 0.6) is 5.75 Å². The first-order valence-corrected chi connectivity index (χ1v) is 9.89. The molecule has 0 N–H and O–H groups in total. The number of benzene rings is 2. The van der Waals surface area contributed by atoms with Gasteiger partial charge in [-0.3, -0.25) is 14.9 Å². The van der Waals surface area contributed by atoms with Crippen LogP contribution >= 0.6 is 15.9 Å². The lowest BCUT2D eigenvalue weighted by molar-refractivity contribution is -0.384. The number of esters is 1. The van der Waals surface area contributed by atoms with Crippen LogP contribution in [0.25, 0.3) is 10.9 Å². The highest BCUT2D eigenvalue weighted by Gasteiger charge is 2.13. The minimum atomic E-state index is -0.583. The highest BCUT2D eigenvalue weighted by atomic mass is 79.9. The maximum Gasteiger partial charge on any atom is 0.344 e. The van der Waals surface area contributed by atoms with Gasteiger partial charge in [0, 0.05) is 22.2 Å². The largest absolute Gasteiger partial charge is 0.481 e. The summed E-state index contributed by atoms with van der Waals surface area (Å²) in [6.45, 7) is 3.10. The zero-order chi connectivity index (χ0) is 22.5. The third-order valence-electron chi connectivity index (χ3n) is 4.14. The van der Waals surface area contributed by atoms with Gasteiger partial charge in [0.1, 0.15) is 11.6 Å². The van der Waals surface area contributed by atoms with Crippen molar-refractivity contribution in [2.75, 3.05) is 13.2 Å². The van der Waals surface area contributed by atoms with Crippen molar-refractivity contribution < 1.29 is 19.2 Å². The Morgan fingerprint density at radius 3 is 2.81 bits per heavy atom. The van der Waals surface area contributed by atoms with Gasteiger partial charge in [-0.2, -0.15) is 9.78 Å². The van der Waals surface area contributed by atoms with Gasteiger partial charge in [-0.15, -0.1) is 0 Å². The number of nitro groups is 1. The second kappa shape index (κ2) is 9.47. The first kappa shape index (κ1) is 22.1. The maximum absolute atomic E-state index is 12.9. The van der Waals surface area contributed by atoms with Crippen molar-refractivity contribution in [1.82, 2.24) is 9.66 Å². The van der Waals surface area contributed by atoms with E-state index in [1.807, 2.05) is 0 Å². The van der Waals surface area contributed by atoms with Gasteiger partial charge in [-0.05, 0) is 38.1 Å². The normalized spacial score (nSPS) is 11.1. The third kappa shape index (κ3) is 5.12. The number of carbonyl (C=O) groups excluding carboxylic acids is 1. The van der Waals surface area contributed by atoms with E-state index < -0.39 is 16.5 Å². The van der Waals surface area contributed by atoms with Gasteiger partial charge in [-0.25, -0.2) is 9.78 Å². The Bertz CT molecular complexity index is 1250. The minimum Gasteiger partial charge on any atom is -0.481 e. The van der Waals surface area contributed by atoms with E-state index in [0.29, 0.717) is 21.2 Å². The van der Waals surface area contributed by atoms with Crippen LogP contribution in [0, 0.1) is 17.0 Å². The Morgan fingerprint density at radius 2 is 2.10 bits per heavy atom. The monoisotopic (exact) mass is 488 g/mol. The van der Waals surface area contributed by atoms with Gasteiger partial charge in [0.15, 0.2) is 6.61 Å². The van der Waals surface area contributed by atoms with Crippen LogP contribution in [-0.4, -0.2) is 40.0 Å². The molecule has 0 bridgehead atoms. The van der Waals surface area contributed by atoms with Gasteiger partial charge in [-0.1, -0.05) is 15.9 Å². The molecule has 1 heterocycles. The molecule has 11 heteroatoms. The summed E-state index contributed by atoms with van der Waals surface area (Å²) in [5.41, 5.74) is 0.124. The Morgan fingerprint density at radius 1 is 1.32 bits per heavy atom. The zero-order valence-electron chi connectivity index (χ0n) is 16.6. The Balaban J connectivity index is 2.02. The third-order valence-corrected chi connectivity index (χ3v) is 4.63. The van der Waals surface area contributed by atoms with E-state index in [9.17, 15) is 19.7 Å². The molecule has 0 saturated heterocycles. The average Bonchev–Trinajstić information content (AvgIpc) is 2.73. The molecule has 0 fully saturated rings. The maximum atomic E-state index is 12.9. The minimum absolute atomic E-state index is 0.171. The lowest BCUT2D eigenvalue weighted by Crippen LogP contribution is -2.20. The summed E-state index contributed by atoms with van der Waals surface area (Å²) in [5, 5.41) is 15.7. The molecule has 1 aromatic heterocycles. The molecule has 0 radical (unpaired) electrons. The van der Waals surface area contributed by atoms with Crippen molar-refractivity contribution in [3.8, 4) is 5.75 Å². The van der Waals surface area contributed by atoms with Gasteiger partial charge in [0.25, 0.3) is 11.2 Å². The summed E-state index contributed by atoms with van der Waals surface area (Å²) in [6, 6.07) is 8.95. The number of rotatable bonds is 7. The molecule has 0 amide bonds. The van der Waals surface area contributed by atoms with Crippen LogP contribution in [-0.2, 0) is 9.53 Å². The number of ether oxygens (including phenoxy) is 2. The van der Waals surface area contributed by atoms with E-state index in [1.165, 1.54) is 24.4 Å². The molecule has 3 rings (SSSR count). The molecule has 3 aromatic rings. The van der Waals surface area contributed by atoms with Crippen molar-refractivity contribution in [1.29, 1.82) is 0 Å². The smallest absolute Gasteiger partial charge is 0.344 e. The standard InChI is InChI=1S/C20H17BrN4O6/c1-3-30-19(26)11-31-18-7-5-15(25(28)29)8-13(18)10-22-24-12(2)23-17-6-4-14(21)9-16(17)20(24)27/h4-10H,3,11H2,1-2H3. The van der Waals surface area contributed by atoms with E-state index in [1.54, 1.807) is 32.0 Å². The zero-order valence-corrected chi connectivity index (χ0v) is 18.2. The molecule has 160 valence electrons. The fourth-order valence-corrected chi connectivity index (χ4v) is 3.10. The van der Waals surface area contributed by atoms with E-state index in [0.717, 1.165) is 4.68 Å². The number of carbonyl (C=O) groups is 1. The van der Waals surface area contributed by atoms with Gasteiger partial charge in [0.2, 0.25) is 0 Å². The van der Waals surface area contributed by atoms with Crippen molar-refractivity contribution >= 4 is 44.7 Å². The van der Waals surface area contributed by atoms with Crippen LogP contribution in [0.1, 0.15) is 18.3 Å². The fraction of sp³-hybridized carbons (Fsp3) is 0.200. The number of hydrogen-bond donors (Lipinski definition) is 0. The topological polar surface area (TPSA) is 126 Å². The molecule has 2 aromatic carbocycles. The Hall–Kier alpha value is -3.60. The number of halogens is 1. The SMILES string of the molecule is CCOC(=O)COc1ccc([N+](=O)[O-])cc1C=Nn1c(C)nc2ccc(Br)cc2c1=O. The second-order valence-electron chi connectivity index (χ2n) is 6.25. The number of fused-ring (bicyclic) bond motifs is 1. The molecule has 0 unspecified atom stereocenters. The van der Waals surface area contributed by atoms with Gasteiger partial charge < -0.3 is 9.47 Å². The van der Waals surface area contributed by atoms with Crippen molar-refractivity contribution in [2.45, 2.75) is 13.8 Å². The highest BCUT2D eigenvalue weighted by Crippen LogP contribution is 2.23. The van der Waals surface area contributed by atoms with Gasteiger partial charge in [0.05, 0.1) is 28.6 Å². The lowest BCUT2D eigenvalue weighted by atomic mass is 10.2. The predicted molar refractivity (Wildman–Crippen MR) is 117 cm³/mol. The molecule has 0 saturated carbocycles. The highest BCUT2D eigenvalue weighted by molar-refractivity contribution is 9.10. The quantitative estimate of drug-likeness (QED) is 0.216. The molecule has 0 spiro atoms. The lowest BCUT2D eigenvalue weighted by Gasteiger charge is -2.09. The van der Waals surface area contributed by atoms with E-state index >= 15 is 0 Å². The van der Waals surface area contributed by atoms with Crippen LogP contribution in [0.15, 0.2) is 50.8 Å². The molecule has 0 atom stereocenters. The molecule has 0 aliphatic heterocycles. The summed E-state index contributed by atoms with van der Waals surface area (Å²) >= 11 is 3.32. The number of nitrogens with zero attached hydrogens (tertiary/aromatic N) is 4. The van der Waals surface area contributed by atoms with E-state index in [2.05, 4.69) is 26.0 Å². The van der Waals surface area contributed by atoms with Crippen LogP contribution in [0.4, 0.5) is 5.69 Å². The average molecular weight is 489 g/mol. The number of hydrogen-bond acceptors (Lipinski definition) is 8. The molecule has 0 aliphatic carbocycles. The number of nitro benzene ring substituents is 1. The van der Waals surface area contributed by atoms with E-state index in [-0.39, 0.29) is 30.2 Å². The first-order valence-electron chi connectivity index (χ1n) is 9.10. The van der Waals surface area contributed by atoms with Crippen LogP contribution < -0.4 is 10.3 Å². The van der Waals surface area contributed by atoms with Crippen LogP contribution in [0.2, 0.25) is 0 Å². The Kier molecular flexibility index (Phi) is 6.75. The second-order valence-corrected chi connectivity index (χ2v) is 7.17. The van der Waals surface area contributed by atoms with Gasteiger partial charge >= 0.3 is 5.97 Å². The van der Waals surface area contributed by atoms with Crippen molar-refractivity contribution in [3.63, 3.8) is 0 Å². The summed E-state index contributed by atoms with van der Waals surface area (Å²) < 4.78 is 12.0. The number of non-ortho nitro benzene ring substituents is 1. The first-order chi connectivity index (χ1) is 14.8. The molecular weight excluding hydrogens is 472 g/mol. The summed E-state index contributed by atoms with van der Waals surface area (Å²) in [4.78, 5) is 39.4. The molecule has 10 nitrogen and oxygen atoms in total. The molecular formula is C20H17BrN4O6.